The van der Waals surface area contributed by atoms with E-state index in [2.05, 4.69) is 6.92 Å². The third-order valence-corrected chi connectivity index (χ3v) is 3.60. The molecule has 0 saturated carbocycles. The van der Waals surface area contributed by atoms with Gasteiger partial charge in [-0.25, -0.2) is 0 Å². The molecular formula is C14H28O6. The first-order valence-electron chi connectivity index (χ1n) is 7.54. The number of rotatable bonds is 10. The number of aliphatic hydroxyl groups is 4. The second-order valence-corrected chi connectivity index (χ2v) is 5.34. The molecule has 1 heterocycles. The van der Waals surface area contributed by atoms with Crippen molar-refractivity contribution in [1.82, 2.24) is 0 Å². The number of ether oxygens (including phenoxy) is 2. The molecule has 0 unspecified atom stereocenters. The fourth-order valence-corrected chi connectivity index (χ4v) is 2.31. The third-order valence-electron chi connectivity index (χ3n) is 3.60. The summed E-state index contributed by atoms with van der Waals surface area (Å²) >= 11 is 0. The fourth-order valence-electron chi connectivity index (χ4n) is 2.31. The van der Waals surface area contributed by atoms with Crippen LogP contribution in [0.4, 0.5) is 0 Å². The van der Waals surface area contributed by atoms with Gasteiger partial charge >= 0.3 is 0 Å². The SMILES string of the molecule is CCCCCCCCO[C@H]1O[C@H]([C@@H](O)CO)[C@H](O)[C@H]1O. The summed E-state index contributed by atoms with van der Waals surface area (Å²) in [5.74, 6) is 0. The second-order valence-electron chi connectivity index (χ2n) is 5.34. The van der Waals surface area contributed by atoms with Crippen LogP contribution in [0.15, 0.2) is 0 Å². The minimum Gasteiger partial charge on any atom is -0.394 e. The first-order chi connectivity index (χ1) is 9.61. The highest BCUT2D eigenvalue weighted by atomic mass is 16.7. The molecule has 6 heteroatoms. The molecule has 4 N–H and O–H groups in total. The van der Waals surface area contributed by atoms with Gasteiger partial charge in [0.25, 0.3) is 0 Å². The number of unbranched alkanes of at least 4 members (excludes halogenated alkanes) is 5. The highest BCUT2D eigenvalue weighted by Gasteiger charge is 2.46. The van der Waals surface area contributed by atoms with Crippen LogP contribution in [-0.2, 0) is 9.47 Å². The van der Waals surface area contributed by atoms with Crippen LogP contribution >= 0.6 is 0 Å². The van der Waals surface area contributed by atoms with Gasteiger partial charge in [-0.3, -0.25) is 0 Å². The van der Waals surface area contributed by atoms with Crippen LogP contribution in [0.5, 0.6) is 0 Å². The number of hydrogen-bond donors (Lipinski definition) is 4. The smallest absolute Gasteiger partial charge is 0.186 e. The average Bonchev–Trinajstić information content (AvgIpc) is 2.74. The molecular weight excluding hydrogens is 264 g/mol. The Hall–Kier alpha value is -0.240. The van der Waals surface area contributed by atoms with Gasteiger partial charge in [0.15, 0.2) is 6.29 Å². The summed E-state index contributed by atoms with van der Waals surface area (Å²) in [6.45, 7) is 2.09. The zero-order chi connectivity index (χ0) is 15.0. The lowest BCUT2D eigenvalue weighted by Crippen LogP contribution is -2.40. The summed E-state index contributed by atoms with van der Waals surface area (Å²) in [5, 5.41) is 37.7. The Labute approximate surface area is 120 Å². The molecule has 0 aromatic carbocycles. The van der Waals surface area contributed by atoms with Gasteiger partial charge in [0.2, 0.25) is 0 Å². The Morgan fingerprint density at radius 3 is 2.35 bits per heavy atom. The van der Waals surface area contributed by atoms with Crippen molar-refractivity contribution >= 4 is 0 Å². The van der Waals surface area contributed by atoms with E-state index in [0.29, 0.717) is 6.61 Å². The quantitative estimate of drug-likeness (QED) is 0.428. The van der Waals surface area contributed by atoms with Gasteiger partial charge in [-0.15, -0.1) is 0 Å². The molecule has 1 saturated heterocycles. The third kappa shape index (κ3) is 5.27. The average molecular weight is 292 g/mol. The van der Waals surface area contributed by atoms with Gasteiger partial charge in [0, 0.05) is 6.61 Å². The number of hydrogen-bond acceptors (Lipinski definition) is 6. The van der Waals surface area contributed by atoms with Crippen molar-refractivity contribution in [3.63, 3.8) is 0 Å². The lowest BCUT2D eigenvalue weighted by molar-refractivity contribution is -0.181. The first-order valence-corrected chi connectivity index (χ1v) is 7.54. The molecule has 0 spiro atoms. The van der Waals surface area contributed by atoms with E-state index in [1.54, 1.807) is 0 Å². The van der Waals surface area contributed by atoms with Crippen molar-refractivity contribution in [1.29, 1.82) is 0 Å². The first kappa shape index (κ1) is 17.8. The molecule has 1 aliphatic rings. The molecule has 1 rings (SSSR count). The lowest BCUT2D eigenvalue weighted by Gasteiger charge is -2.18. The highest BCUT2D eigenvalue weighted by Crippen LogP contribution is 2.24. The van der Waals surface area contributed by atoms with Crippen LogP contribution in [0.2, 0.25) is 0 Å². The van der Waals surface area contributed by atoms with Crippen LogP contribution in [0, 0.1) is 0 Å². The topological polar surface area (TPSA) is 99.4 Å². The molecule has 20 heavy (non-hydrogen) atoms. The summed E-state index contributed by atoms with van der Waals surface area (Å²) < 4.78 is 10.6. The van der Waals surface area contributed by atoms with E-state index >= 15 is 0 Å². The molecule has 1 fully saturated rings. The monoisotopic (exact) mass is 292 g/mol. The molecule has 0 aromatic rings. The van der Waals surface area contributed by atoms with Crippen LogP contribution in [0.1, 0.15) is 45.4 Å². The predicted molar refractivity (Wildman–Crippen MR) is 73.1 cm³/mol. The summed E-state index contributed by atoms with van der Waals surface area (Å²) in [4.78, 5) is 0. The maximum atomic E-state index is 9.75. The molecule has 0 aliphatic carbocycles. The molecule has 0 aromatic heterocycles. The molecule has 1 aliphatic heterocycles. The van der Waals surface area contributed by atoms with E-state index in [0.717, 1.165) is 12.8 Å². The van der Waals surface area contributed by atoms with Crippen molar-refractivity contribution in [2.75, 3.05) is 13.2 Å². The molecule has 0 radical (unpaired) electrons. The summed E-state index contributed by atoms with van der Waals surface area (Å²) in [5.41, 5.74) is 0. The molecule has 5 atom stereocenters. The Morgan fingerprint density at radius 1 is 1.05 bits per heavy atom. The van der Waals surface area contributed by atoms with Gasteiger partial charge in [-0.2, -0.15) is 0 Å². The Bertz CT molecular complexity index is 250. The molecule has 6 nitrogen and oxygen atoms in total. The van der Waals surface area contributed by atoms with Crippen LogP contribution in [0.3, 0.4) is 0 Å². The van der Waals surface area contributed by atoms with Crippen molar-refractivity contribution in [2.24, 2.45) is 0 Å². The lowest BCUT2D eigenvalue weighted by atomic mass is 10.1. The van der Waals surface area contributed by atoms with E-state index in [-0.39, 0.29) is 0 Å². The Kier molecular flexibility index (Phi) is 8.60. The molecule has 120 valence electrons. The van der Waals surface area contributed by atoms with E-state index in [1.165, 1.54) is 25.7 Å². The van der Waals surface area contributed by atoms with Gasteiger partial charge < -0.3 is 29.9 Å². The summed E-state index contributed by atoms with van der Waals surface area (Å²) in [6, 6.07) is 0. The standard InChI is InChI=1S/C14H28O6/c1-2-3-4-5-6-7-8-19-14-12(18)11(17)13(20-14)10(16)9-15/h10-18H,2-9H2,1H3/t10-,11+,12+,13+,14-/m0/s1. The number of aliphatic hydroxyl groups excluding tert-OH is 4. The van der Waals surface area contributed by atoms with Crippen molar-refractivity contribution in [3.05, 3.63) is 0 Å². The van der Waals surface area contributed by atoms with Crippen molar-refractivity contribution < 1.29 is 29.9 Å². The van der Waals surface area contributed by atoms with Crippen molar-refractivity contribution in [2.45, 2.75) is 76.2 Å². The minimum absolute atomic E-state index is 0.447. The fraction of sp³-hybridized carbons (Fsp3) is 1.00. The highest BCUT2D eigenvalue weighted by molar-refractivity contribution is 4.90. The van der Waals surface area contributed by atoms with E-state index in [9.17, 15) is 15.3 Å². The van der Waals surface area contributed by atoms with Crippen LogP contribution in [0.25, 0.3) is 0 Å². The van der Waals surface area contributed by atoms with Gasteiger partial charge in [-0.1, -0.05) is 39.0 Å². The maximum Gasteiger partial charge on any atom is 0.186 e. The zero-order valence-electron chi connectivity index (χ0n) is 12.1. The molecule has 0 amide bonds. The summed E-state index contributed by atoms with van der Waals surface area (Å²) in [7, 11) is 0. The van der Waals surface area contributed by atoms with E-state index < -0.39 is 37.3 Å². The van der Waals surface area contributed by atoms with Gasteiger partial charge in [0.05, 0.1) is 6.61 Å². The molecule has 0 bridgehead atoms. The van der Waals surface area contributed by atoms with Gasteiger partial charge in [-0.05, 0) is 6.42 Å². The zero-order valence-corrected chi connectivity index (χ0v) is 12.1. The second kappa shape index (κ2) is 9.65. The van der Waals surface area contributed by atoms with Crippen molar-refractivity contribution in [3.8, 4) is 0 Å². The maximum absolute atomic E-state index is 9.75. The minimum atomic E-state index is -1.24. The largest absolute Gasteiger partial charge is 0.394 e. The summed E-state index contributed by atoms with van der Waals surface area (Å²) in [6.07, 6.45) is 1.19. The van der Waals surface area contributed by atoms with Crippen LogP contribution in [-0.4, -0.2) is 64.3 Å². The van der Waals surface area contributed by atoms with E-state index in [1.807, 2.05) is 0 Å². The normalized spacial score (nSPS) is 31.6. The Morgan fingerprint density at radius 2 is 1.70 bits per heavy atom. The predicted octanol–water partition coefficient (Wildman–Crippen LogP) is 0.163. The van der Waals surface area contributed by atoms with Gasteiger partial charge in [0.1, 0.15) is 24.4 Å². The van der Waals surface area contributed by atoms with Crippen LogP contribution < -0.4 is 0 Å². The van der Waals surface area contributed by atoms with E-state index in [4.69, 9.17) is 14.6 Å². The Balaban J connectivity index is 2.17.